The number of nitrogens with zero attached hydrogens (tertiary/aromatic N) is 3. The fourth-order valence-corrected chi connectivity index (χ4v) is 1.67. The average Bonchev–Trinajstić information content (AvgIpc) is 2.74. The van der Waals surface area contributed by atoms with Gasteiger partial charge in [0.15, 0.2) is 5.75 Å². The summed E-state index contributed by atoms with van der Waals surface area (Å²) in [7, 11) is 0. The second-order valence-electron chi connectivity index (χ2n) is 2.54. The number of rotatable bonds is 3. The van der Waals surface area contributed by atoms with Crippen LogP contribution in [-0.2, 0) is 0 Å². The first-order valence-electron chi connectivity index (χ1n) is 4.08. The first-order chi connectivity index (χ1) is 7.34. The number of hydrogen-bond donors (Lipinski definition) is 0. The molecule has 0 amide bonds. The second-order valence-corrected chi connectivity index (χ2v) is 4.66. The molecule has 0 unspecified atom stereocenters. The Labute approximate surface area is 104 Å². The molecule has 0 aliphatic heterocycles. The molecule has 0 bridgehead atoms. The van der Waals surface area contributed by atoms with Gasteiger partial charge in [0.05, 0.1) is 0 Å². The van der Waals surface area contributed by atoms with Gasteiger partial charge in [-0.05, 0) is 46.9 Å². The molecule has 76 valence electrons. The lowest BCUT2D eigenvalue weighted by Crippen LogP contribution is -1.80. The predicted molar refractivity (Wildman–Crippen MR) is 66.4 cm³/mol. The van der Waals surface area contributed by atoms with E-state index >= 15 is 0 Å². The van der Waals surface area contributed by atoms with Gasteiger partial charge in [0.2, 0.25) is 5.13 Å². The zero-order chi connectivity index (χ0) is 10.5. The van der Waals surface area contributed by atoms with Gasteiger partial charge in [-0.25, -0.2) is 4.98 Å². The number of aromatic nitrogens is 1. The smallest absolute Gasteiger partial charge is 0.233 e. The minimum Gasteiger partial charge on any atom is -0.339 e. The lowest BCUT2D eigenvalue weighted by atomic mass is 10.3. The molecule has 0 aliphatic carbocycles. The SMILES string of the molecule is Ic1ccc(ON=Nc2nccs2)cc1. The fourth-order valence-electron chi connectivity index (χ4n) is 0.863. The molecule has 1 aromatic carbocycles. The van der Waals surface area contributed by atoms with Crippen LogP contribution in [0.3, 0.4) is 0 Å². The quantitative estimate of drug-likeness (QED) is 0.488. The maximum absolute atomic E-state index is 5.06. The normalized spacial score (nSPS) is 10.7. The Morgan fingerprint density at radius 3 is 2.73 bits per heavy atom. The summed E-state index contributed by atoms with van der Waals surface area (Å²) in [5.41, 5.74) is 0. The highest BCUT2D eigenvalue weighted by Gasteiger charge is 1.93. The van der Waals surface area contributed by atoms with Crippen LogP contribution in [-0.4, -0.2) is 4.98 Å². The molecule has 0 saturated heterocycles. The first-order valence-corrected chi connectivity index (χ1v) is 6.03. The van der Waals surface area contributed by atoms with Crippen molar-refractivity contribution in [3.8, 4) is 5.75 Å². The monoisotopic (exact) mass is 331 g/mol. The van der Waals surface area contributed by atoms with Crippen LogP contribution in [0, 0.1) is 3.57 Å². The van der Waals surface area contributed by atoms with E-state index in [4.69, 9.17) is 4.84 Å². The number of halogens is 1. The lowest BCUT2D eigenvalue weighted by Gasteiger charge is -1.95. The highest BCUT2D eigenvalue weighted by Crippen LogP contribution is 2.17. The summed E-state index contributed by atoms with van der Waals surface area (Å²) in [5.74, 6) is 0.663. The summed E-state index contributed by atoms with van der Waals surface area (Å²) in [5, 5.41) is 9.79. The van der Waals surface area contributed by atoms with Crippen LogP contribution in [0.4, 0.5) is 5.13 Å². The summed E-state index contributed by atoms with van der Waals surface area (Å²) in [4.78, 5) is 8.99. The average molecular weight is 331 g/mol. The molecule has 0 atom stereocenters. The first kappa shape index (κ1) is 10.5. The van der Waals surface area contributed by atoms with Crippen LogP contribution in [0.15, 0.2) is 46.2 Å². The van der Waals surface area contributed by atoms with Gasteiger partial charge >= 0.3 is 0 Å². The Kier molecular flexibility index (Phi) is 3.62. The largest absolute Gasteiger partial charge is 0.339 e. The molecule has 4 nitrogen and oxygen atoms in total. The van der Waals surface area contributed by atoms with Gasteiger partial charge < -0.3 is 4.84 Å². The van der Waals surface area contributed by atoms with Gasteiger partial charge in [-0.15, -0.1) is 11.3 Å². The van der Waals surface area contributed by atoms with Gasteiger partial charge in [-0.3, -0.25) is 0 Å². The van der Waals surface area contributed by atoms with Crippen LogP contribution in [0.1, 0.15) is 0 Å². The number of benzene rings is 1. The minimum absolute atomic E-state index is 0.584. The Hall–Kier alpha value is -1.02. The molecule has 0 radical (unpaired) electrons. The third-order valence-corrected chi connectivity index (χ3v) is 2.88. The summed E-state index contributed by atoms with van der Waals surface area (Å²) in [6, 6.07) is 7.55. The third kappa shape index (κ3) is 3.24. The minimum atomic E-state index is 0.584. The van der Waals surface area contributed by atoms with E-state index in [0.717, 1.165) is 3.57 Å². The molecule has 0 N–H and O–H groups in total. The van der Waals surface area contributed by atoms with Gasteiger partial charge in [0.25, 0.3) is 0 Å². The lowest BCUT2D eigenvalue weighted by molar-refractivity contribution is 0.312. The molecule has 1 aromatic heterocycles. The van der Waals surface area contributed by atoms with Gasteiger partial charge in [0, 0.05) is 20.4 Å². The zero-order valence-electron chi connectivity index (χ0n) is 7.50. The Morgan fingerprint density at radius 1 is 1.27 bits per heavy atom. The van der Waals surface area contributed by atoms with Crippen LogP contribution < -0.4 is 4.84 Å². The molecule has 0 saturated carbocycles. The predicted octanol–water partition coefficient (Wildman–Crippen LogP) is 3.83. The van der Waals surface area contributed by atoms with Crippen LogP contribution in [0.25, 0.3) is 0 Å². The van der Waals surface area contributed by atoms with Crippen molar-refractivity contribution >= 4 is 39.1 Å². The highest BCUT2D eigenvalue weighted by molar-refractivity contribution is 14.1. The molecule has 0 spiro atoms. The standard InChI is InChI=1S/C9H6IN3OS/c10-7-1-3-8(4-2-7)14-13-12-9-11-5-6-15-9/h1-6H. The zero-order valence-corrected chi connectivity index (χ0v) is 10.5. The van der Waals surface area contributed by atoms with Crippen molar-refractivity contribution < 1.29 is 4.84 Å². The third-order valence-electron chi connectivity index (χ3n) is 1.51. The Balaban J connectivity index is 1.96. The van der Waals surface area contributed by atoms with E-state index in [1.54, 1.807) is 6.20 Å². The van der Waals surface area contributed by atoms with E-state index in [1.165, 1.54) is 11.3 Å². The van der Waals surface area contributed by atoms with Crippen molar-refractivity contribution in [3.63, 3.8) is 0 Å². The fraction of sp³-hybridized carbons (Fsp3) is 0. The van der Waals surface area contributed by atoms with Crippen LogP contribution >= 0.6 is 33.9 Å². The Bertz CT molecular complexity index is 441. The van der Waals surface area contributed by atoms with E-state index < -0.39 is 0 Å². The van der Waals surface area contributed by atoms with E-state index in [-0.39, 0.29) is 0 Å². The highest BCUT2D eigenvalue weighted by atomic mass is 127. The van der Waals surface area contributed by atoms with Crippen molar-refractivity contribution in [3.05, 3.63) is 39.4 Å². The molecule has 2 rings (SSSR count). The molecule has 0 aliphatic rings. The molecular weight excluding hydrogens is 325 g/mol. The van der Waals surface area contributed by atoms with Crippen molar-refractivity contribution in [2.75, 3.05) is 0 Å². The molecule has 1 heterocycles. The van der Waals surface area contributed by atoms with Crippen molar-refractivity contribution in [1.82, 2.24) is 4.98 Å². The molecular formula is C9H6IN3OS. The summed E-state index contributed by atoms with van der Waals surface area (Å²) < 4.78 is 1.15. The van der Waals surface area contributed by atoms with Crippen LogP contribution in [0.2, 0.25) is 0 Å². The van der Waals surface area contributed by atoms with Crippen LogP contribution in [0.5, 0.6) is 5.75 Å². The summed E-state index contributed by atoms with van der Waals surface area (Å²) in [6.45, 7) is 0. The number of thiazole rings is 1. The van der Waals surface area contributed by atoms with Gasteiger partial charge in [0.1, 0.15) is 0 Å². The topological polar surface area (TPSA) is 46.8 Å². The summed E-state index contributed by atoms with van der Waals surface area (Å²) in [6.07, 6.45) is 1.67. The summed E-state index contributed by atoms with van der Waals surface area (Å²) >= 11 is 3.63. The van der Waals surface area contributed by atoms with Gasteiger partial charge in [-0.1, -0.05) is 5.11 Å². The van der Waals surface area contributed by atoms with E-state index in [9.17, 15) is 0 Å². The van der Waals surface area contributed by atoms with E-state index in [2.05, 4.69) is 38.0 Å². The number of hydrogen-bond acceptors (Lipinski definition) is 5. The molecule has 15 heavy (non-hydrogen) atoms. The van der Waals surface area contributed by atoms with E-state index in [0.29, 0.717) is 10.9 Å². The Morgan fingerprint density at radius 2 is 2.07 bits per heavy atom. The second kappa shape index (κ2) is 5.17. The molecule has 2 aromatic rings. The van der Waals surface area contributed by atoms with E-state index in [1.807, 2.05) is 29.6 Å². The van der Waals surface area contributed by atoms with Crippen molar-refractivity contribution in [1.29, 1.82) is 0 Å². The van der Waals surface area contributed by atoms with Crippen molar-refractivity contribution in [2.45, 2.75) is 0 Å². The maximum Gasteiger partial charge on any atom is 0.233 e. The molecule has 6 heteroatoms. The molecule has 0 fully saturated rings. The van der Waals surface area contributed by atoms with Crippen molar-refractivity contribution in [2.24, 2.45) is 10.4 Å². The van der Waals surface area contributed by atoms with Gasteiger partial charge in [-0.2, -0.15) is 0 Å². The maximum atomic E-state index is 5.06.